The van der Waals surface area contributed by atoms with Gasteiger partial charge in [0.05, 0.1) is 0 Å². The molecule has 1 rings (SSSR count). The van der Waals surface area contributed by atoms with Gasteiger partial charge in [-0.2, -0.15) is 0 Å². The first kappa shape index (κ1) is 14.7. The topological polar surface area (TPSA) is 60.8 Å². The minimum atomic E-state index is -0.854. The van der Waals surface area contributed by atoms with Gasteiger partial charge in [0.2, 0.25) is 0 Å². The first-order valence-electron chi connectivity index (χ1n) is 6.22. The van der Waals surface area contributed by atoms with Gasteiger partial charge in [0.25, 0.3) is 0 Å². The van der Waals surface area contributed by atoms with E-state index in [2.05, 4.69) is 0 Å². The van der Waals surface area contributed by atoms with E-state index in [1.165, 1.54) is 0 Å². The van der Waals surface area contributed by atoms with E-state index < -0.39 is 12.0 Å². The molecule has 2 N–H and O–H groups in total. The van der Waals surface area contributed by atoms with Crippen LogP contribution in [0.15, 0.2) is 30.3 Å². The molecule has 0 spiro atoms. The van der Waals surface area contributed by atoms with Crippen LogP contribution in [0.2, 0.25) is 0 Å². The number of aliphatic hydroxyl groups is 1. The highest BCUT2D eigenvalue weighted by Gasteiger charge is 2.28. The standard InChI is InChI=1S/C14H21NO3/c1-11(2)15(9-6-10-16)13(14(17)18)12-7-4-3-5-8-12/h3-5,7-8,11,13,16H,6,9-10H2,1-2H3,(H,17,18). The van der Waals surface area contributed by atoms with Crippen molar-refractivity contribution in [3.63, 3.8) is 0 Å². The first-order valence-corrected chi connectivity index (χ1v) is 6.22. The predicted octanol–water partition coefficient (Wildman–Crippen LogP) is 1.91. The number of rotatable bonds is 7. The van der Waals surface area contributed by atoms with E-state index in [0.29, 0.717) is 13.0 Å². The van der Waals surface area contributed by atoms with Gasteiger partial charge < -0.3 is 10.2 Å². The van der Waals surface area contributed by atoms with Crippen molar-refractivity contribution in [2.24, 2.45) is 0 Å². The summed E-state index contributed by atoms with van der Waals surface area (Å²) in [5.74, 6) is -0.854. The molecule has 0 aliphatic rings. The monoisotopic (exact) mass is 251 g/mol. The van der Waals surface area contributed by atoms with Crippen molar-refractivity contribution in [3.8, 4) is 0 Å². The SMILES string of the molecule is CC(C)N(CCCO)C(C(=O)O)c1ccccc1. The number of nitrogens with zero attached hydrogens (tertiary/aromatic N) is 1. The van der Waals surface area contributed by atoms with E-state index in [4.69, 9.17) is 5.11 Å². The fourth-order valence-corrected chi connectivity index (χ4v) is 2.05. The van der Waals surface area contributed by atoms with Crippen molar-refractivity contribution in [2.75, 3.05) is 13.2 Å². The van der Waals surface area contributed by atoms with Crippen LogP contribution in [0.5, 0.6) is 0 Å². The third-order valence-electron chi connectivity index (χ3n) is 2.92. The van der Waals surface area contributed by atoms with Gasteiger partial charge in [-0.1, -0.05) is 30.3 Å². The lowest BCUT2D eigenvalue weighted by Gasteiger charge is -2.32. The zero-order valence-corrected chi connectivity index (χ0v) is 10.9. The number of carboxylic acids is 1. The van der Waals surface area contributed by atoms with Crippen LogP contribution in [-0.2, 0) is 4.79 Å². The molecule has 0 heterocycles. The minimum absolute atomic E-state index is 0.0738. The molecule has 0 aromatic heterocycles. The second-order valence-corrected chi connectivity index (χ2v) is 4.56. The van der Waals surface area contributed by atoms with Crippen molar-refractivity contribution in [1.82, 2.24) is 4.90 Å². The quantitative estimate of drug-likeness (QED) is 0.777. The number of carbonyl (C=O) groups is 1. The normalized spacial score (nSPS) is 12.9. The largest absolute Gasteiger partial charge is 0.480 e. The molecule has 4 heteroatoms. The summed E-state index contributed by atoms with van der Waals surface area (Å²) in [4.78, 5) is 13.4. The molecule has 1 atom stereocenters. The van der Waals surface area contributed by atoms with Crippen LogP contribution in [0.1, 0.15) is 31.9 Å². The molecule has 1 aromatic carbocycles. The second kappa shape index (κ2) is 7.13. The van der Waals surface area contributed by atoms with Crippen LogP contribution in [-0.4, -0.2) is 40.3 Å². The Bertz CT molecular complexity index is 365. The molecule has 1 aromatic rings. The van der Waals surface area contributed by atoms with Crippen LogP contribution in [0.4, 0.5) is 0 Å². The molecule has 0 amide bonds. The van der Waals surface area contributed by atoms with Gasteiger partial charge in [0.1, 0.15) is 6.04 Å². The lowest BCUT2D eigenvalue weighted by atomic mass is 10.0. The van der Waals surface area contributed by atoms with Crippen LogP contribution in [0.3, 0.4) is 0 Å². The summed E-state index contributed by atoms with van der Waals surface area (Å²) in [6, 6.07) is 8.66. The highest BCUT2D eigenvalue weighted by Crippen LogP contribution is 2.23. The average molecular weight is 251 g/mol. The maximum absolute atomic E-state index is 11.5. The summed E-state index contributed by atoms with van der Waals surface area (Å²) in [5.41, 5.74) is 0.775. The molecule has 0 fully saturated rings. The third-order valence-corrected chi connectivity index (χ3v) is 2.92. The zero-order chi connectivity index (χ0) is 13.5. The summed E-state index contributed by atoms with van der Waals surface area (Å²) < 4.78 is 0. The van der Waals surface area contributed by atoms with Crippen LogP contribution < -0.4 is 0 Å². The van der Waals surface area contributed by atoms with Gasteiger partial charge in [-0.3, -0.25) is 9.69 Å². The minimum Gasteiger partial charge on any atom is -0.480 e. The van der Waals surface area contributed by atoms with Crippen LogP contribution in [0.25, 0.3) is 0 Å². The highest BCUT2D eigenvalue weighted by molar-refractivity contribution is 5.75. The van der Waals surface area contributed by atoms with Crippen molar-refractivity contribution in [2.45, 2.75) is 32.4 Å². The third kappa shape index (κ3) is 3.82. The summed E-state index contributed by atoms with van der Waals surface area (Å²) in [7, 11) is 0. The predicted molar refractivity (Wildman–Crippen MR) is 70.4 cm³/mol. The fraction of sp³-hybridized carbons (Fsp3) is 0.500. The van der Waals surface area contributed by atoms with Gasteiger partial charge in [0.15, 0.2) is 0 Å². The number of aliphatic hydroxyl groups excluding tert-OH is 1. The van der Waals surface area contributed by atoms with E-state index in [1.54, 1.807) is 0 Å². The van der Waals surface area contributed by atoms with Gasteiger partial charge in [-0.25, -0.2) is 0 Å². The number of benzene rings is 1. The Morgan fingerprint density at radius 2 is 1.89 bits per heavy atom. The van der Waals surface area contributed by atoms with Crippen molar-refractivity contribution >= 4 is 5.97 Å². The van der Waals surface area contributed by atoms with E-state index in [-0.39, 0.29) is 12.6 Å². The molecule has 1 unspecified atom stereocenters. The molecular formula is C14H21NO3. The first-order chi connectivity index (χ1) is 8.57. The summed E-state index contributed by atoms with van der Waals surface area (Å²) in [5, 5.41) is 18.4. The fourth-order valence-electron chi connectivity index (χ4n) is 2.05. The molecule has 18 heavy (non-hydrogen) atoms. The molecule has 100 valence electrons. The second-order valence-electron chi connectivity index (χ2n) is 4.56. The van der Waals surface area contributed by atoms with Crippen molar-refractivity contribution < 1.29 is 15.0 Å². The van der Waals surface area contributed by atoms with Crippen LogP contribution >= 0.6 is 0 Å². The molecule has 4 nitrogen and oxygen atoms in total. The average Bonchev–Trinajstić information content (AvgIpc) is 2.34. The lowest BCUT2D eigenvalue weighted by Crippen LogP contribution is -2.40. The molecule has 0 saturated heterocycles. The number of hydrogen-bond acceptors (Lipinski definition) is 3. The zero-order valence-electron chi connectivity index (χ0n) is 10.9. The van der Waals surface area contributed by atoms with Gasteiger partial charge in [-0.05, 0) is 25.8 Å². The van der Waals surface area contributed by atoms with E-state index in [9.17, 15) is 9.90 Å². The number of carboxylic acid groups (broad SMARTS) is 1. The summed E-state index contributed by atoms with van der Waals surface area (Å²) in [6.45, 7) is 4.58. The van der Waals surface area contributed by atoms with Crippen LogP contribution in [0, 0.1) is 0 Å². The van der Waals surface area contributed by atoms with E-state index in [0.717, 1.165) is 5.56 Å². The maximum Gasteiger partial charge on any atom is 0.325 e. The summed E-state index contributed by atoms with van der Waals surface area (Å²) >= 11 is 0. The van der Waals surface area contributed by atoms with Crippen molar-refractivity contribution in [1.29, 1.82) is 0 Å². The molecule has 0 saturated carbocycles. The van der Waals surface area contributed by atoms with E-state index in [1.807, 2.05) is 49.1 Å². The maximum atomic E-state index is 11.5. The lowest BCUT2D eigenvalue weighted by molar-refractivity contribution is -0.144. The molecular weight excluding hydrogens is 230 g/mol. The Balaban J connectivity index is 2.98. The highest BCUT2D eigenvalue weighted by atomic mass is 16.4. The molecule has 0 bridgehead atoms. The Kier molecular flexibility index (Phi) is 5.82. The number of aliphatic carboxylic acids is 1. The molecule has 0 aliphatic heterocycles. The smallest absolute Gasteiger partial charge is 0.325 e. The van der Waals surface area contributed by atoms with Gasteiger partial charge in [0, 0.05) is 19.2 Å². The Morgan fingerprint density at radius 3 is 2.33 bits per heavy atom. The molecule has 0 aliphatic carbocycles. The number of hydrogen-bond donors (Lipinski definition) is 2. The van der Waals surface area contributed by atoms with Gasteiger partial charge >= 0.3 is 5.97 Å². The van der Waals surface area contributed by atoms with E-state index >= 15 is 0 Å². The Labute approximate surface area is 108 Å². The van der Waals surface area contributed by atoms with Gasteiger partial charge in [-0.15, -0.1) is 0 Å². The summed E-state index contributed by atoms with van der Waals surface area (Å²) in [6.07, 6.45) is 0.578. The Hall–Kier alpha value is -1.39. The molecule has 0 radical (unpaired) electrons. The Morgan fingerprint density at radius 1 is 1.28 bits per heavy atom. The van der Waals surface area contributed by atoms with Crippen molar-refractivity contribution in [3.05, 3.63) is 35.9 Å².